The van der Waals surface area contributed by atoms with Crippen molar-refractivity contribution >= 4 is 0 Å². The van der Waals surface area contributed by atoms with Crippen LogP contribution in [0.4, 0.5) is 4.39 Å². The van der Waals surface area contributed by atoms with Crippen LogP contribution in [0, 0.1) is 5.82 Å². The van der Waals surface area contributed by atoms with Crippen LogP contribution in [0.1, 0.15) is 17.2 Å². The second kappa shape index (κ2) is 5.60. The molecule has 0 saturated heterocycles. The highest BCUT2D eigenvalue weighted by molar-refractivity contribution is 5.24. The summed E-state index contributed by atoms with van der Waals surface area (Å²) in [7, 11) is 1.93. The van der Waals surface area contributed by atoms with Crippen LogP contribution in [-0.2, 0) is 6.42 Å². The van der Waals surface area contributed by atoms with Crippen LogP contribution >= 0.6 is 0 Å². The number of hydrogen-bond donors (Lipinski definition) is 1. The summed E-state index contributed by atoms with van der Waals surface area (Å²) in [6.45, 7) is 0. The third kappa shape index (κ3) is 3.14. The zero-order valence-corrected chi connectivity index (χ0v) is 9.86. The fourth-order valence-electron chi connectivity index (χ4n) is 1.97. The molecule has 0 spiro atoms. The highest BCUT2D eigenvalue weighted by atomic mass is 19.1. The van der Waals surface area contributed by atoms with Crippen LogP contribution in [0.3, 0.4) is 0 Å². The zero-order valence-electron chi connectivity index (χ0n) is 9.86. The van der Waals surface area contributed by atoms with Gasteiger partial charge in [-0.1, -0.05) is 42.5 Å². The van der Waals surface area contributed by atoms with Gasteiger partial charge in [0, 0.05) is 6.04 Å². The van der Waals surface area contributed by atoms with Gasteiger partial charge in [0.05, 0.1) is 0 Å². The number of benzene rings is 2. The van der Waals surface area contributed by atoms with E-state index in [2.05, 4.69) is 17.4 Å². The number of nitrogens with one attached hydrogen (secondary N) is 1. The summed E-state index contributed by atoms with van der Waals surface area (Å²) in [4.78, 5) is 0. The molecule has 1 atom stereocenters. The lowest BCUT2D eigenvalue weighted by molar-refractivity contribution is 0.584. The first-order valence-electron chi connectivity index (χ1n) is 5.76. The largest absolute Gasteiger partial charge is 0.313 e. The van der Waals surface area contributed by atoms with Gasteiger partial charge in [0.1, 0.15) is 5.82 Å². The smallest absolute Gasteiger partial charge is 0.123 e. The predicted octanol–water partition coefficient (Wildman–Crippen LogP) is 3.33. The molecule has 0 heterocycles. The van der Waals surface area contributed by atoms with E-state index in [0.717, 1.165) is 12.0 Å². The highest BCUT2D eigenvalue weighted by Gasteiger charge is 2.09. The quantitative estimate of drug-likeness (QED) is 0.848. The van der Waals surface area contributed by atoms with Gasteiger partial charge >= 0.3 is 0 Å². The molecule has 88 valence electrons. The zero-order chi connectivity index (χ0) is 12.1. The summed E-state index contributed by atoms with van der Waals surface area (Å²) < 4.78 is 13.1. The van der Waals surface area contributed by atoms with E-state index in [1.807, 2.05) is 31.3 Å². The number of hydrogen-bond acceptors (Lipinski definition) is 1. The molecule has 2 heteroatoms. The molecule has 0 aliphatic heterocycles. The Hall–Kier alpha value is -1.67. The van der Waals surface area contributed by atoms with Gasteiger partial charge in [0.25, 0.3) is 0 Å². The van der Waals surface area contributed by atoms with Crippen molar-refractivity contribution in [2.24, 2.45) is 0 Å². The van der Waals surface area contributed by atoms with E-state index in [0.29, 0.717) is 0 Å². The van der Waals surface area contributed by atoms with Crippen molar-refractivity contribution in [2.45, 2.75) is 12.5 Å². The molecule has 2 aromatic carbocycles. The molecular formula is C15H16FN. The van der Waals surface area contributed by atoms with E-state index in [1.165, 1.54) is 11.6 Å². The summed E-state index contributed by atoms with van der Waals surface area (Å²) in [5.41, 5.74) is 2.23. The van der Waals surface area contributed by atoms with Gasteiger partial charge in [-0.15, -0.1) is 0 Å². The molecule has 1 nitrogen and oxygen atoms in total. The van der Waals surface area contributed by atoms with Gasteiger partial charge in [0.2, 0.25) is 0 Å². The third-order valence-corrected chi connectivity index (χ3v) is 2.88. The van der Waals surface area contributed by atoms with Gasteiger partial charge < -0.3 is 5.32 Å². The van der Waals surface area contributed by atoms with Crippen molar-refractivity contribution < 1.29 is 4.39 Å². The lowest BCUT2D eigenvalue weighted by Crippen LogP contribution is -2.18. The lowest BCUT2D eigenvalue weighted by atomic mass is 9.99. The molecule has 0 radical (unpaired) electrons. The van der Waals surface area contributed by atoms with Gasteiger partial charge in [-0.2, -0.15) is 0 Å². The third-order valence-electron chi connectivity index (χ3n) is 2.88. The second-order valence-electron chi connectivity index (χ2n) is 4.09. The van der Waals surface area contributed by atoms with Gasteiger partial charge in [0.15, 0.2) is 0 Å². The monoisotopic (exact) mass is 229 g/mol. The first kappa shape index (κ1) is 11.8. The molecule has 1 unspecified atom stereocenters. The topological polar surface area (TPSA) is 12.0 Å². The minimum absolute atomic E-state index is 0.176. The Bertz CT molecular complexity index is 467. The molecule has 0 bridgehead atoms. The van der Waals surface area contributed by atoms with Crippen molar-refractivity contribution in [3.8, 4) is 0 Å². The maximum absolute atomic E-state index is 13.1. The van der Waals surface area contributed by atoms with Crippen LogP contribution < -0.4 is 5.32 Å². The van der Waals surface area contributed by atoms with Crippen molar-refractivity contribution in [2.75, 3.05) is 7.05 Å². The molecular weight excluding hydrogens is 213 g/mol. The Morgan fingerprint density at radius 3 is 2.47 bits per heavy atom. The Labute approximate surface area is 101 Å². The minimum atomic E-state index is -0.176. The van der Waals surface area contributed by atoms with E-state index in [9.17, 15) is 4.39 Å². The van der Waals surface area contributed by atoms with Crippen LogP contribution in [0.2, 0.25) is 0 Å². The van der Waals surface area contributed by atoms with Gasteiger partial charge in [-0.05, 0) is 36.7 Å². The number of rotatable bonds is 4. The molecule has 1 N–H and O–H groups in total. The molecule has 17 heavy (non-hydrogen) atoms. The average Bonchev–Trinajstić information content (AvgIpc) is 2.37. The summed E-state index contributed by atoms with van der Waals surface area (Å²) in [6.07, 6.45) is 0.790. The Balaban J connectivity index is 2.16. The fourth-order valence-corrected chi connectivity index (χ4v) is 1.97. The first-order valence-corrected chi connectivity index (χ1v) is 5.76. The Morgan fingerprint density at radius 2 is 1.82 bits per heavy atom. The Kier molecular flexibility index (Phi) is 3.89. The van der Waals surface area contributed by atoms with Crippen molar-refractivity contribution in [3.05, 3.63) is 71.5 Å². The summed E-state index contributed by atoms with van der Waals surface area (Å²) in [6, 6.07) is 17.2. The molecule has 0 fully saturated rings. The summed E-state index contributed by atoms with van der Waals surface area (Å²) >= 11 is 0. The minimum Gasteiger partial charge on any atom is -0.313 e. The van der Waals surface area contributed by atoms with Crippen molar-refractivity contribution in [1.29, 1.82) is 0 Å². The van der Waals surface area contributed by atoms with Crippen LogP contribution in [0.25, 0.3) is 0 Å². The lowest BCUT2D eigenvalue weighted by Gasteiger charge is -2.16. The summed E-state index contributed by atoms with van der Waals surface area (Å²) in [5.74, 6) is -0.176. The highest BCUT2D eigenvalue weighted by Crippen LogP contribution is 2.18. The van der Waals surface area contributed by atoms with Crippen LogP contribution in [0.15, 0.2) is 54.6 Å². The van der Waals surface area contributed by atoms with E-state index in [4.69, 9.17) is 0 Å². The van der Waals surface area contributed by atoms with E-state index in [-0.39, 0.29) is 11.9 Å². The molecule has 0 aliphatic rings. The maximum Gasteiger partial charge on any atom is 0.123 e. The van der Waals surface area contributed by atoms with Crippen LogP contribution in [0.5, 0.6) is 0 Å². The number of halogens is 1. The van der Waals surface area contributed by atoms with Crippen molar-refractivity contribution in [1.82, 2.24) is 5.32 Å². The first-order chi connectivity index (χ1) is 8.29. The molecule has 2 aromatic rings. The van der Waals surface area contributed by atoms with Crippen molar-refractivity contribution in [3.63, 3.8) is 0 Å². The maximum atomic E-state index is 13.1. The van der Waals surface area contributed by atoms with E-state index < -0.39 is 0 Å². The SMILES string of the molecule is CNC(Cc1cccc(F)c1)c1ccccc1. The fraction of sp³-hybridized carbons (Fsp3) is 0.200. The normalized spacial score (nSPS) is 12.4. The Morgan fingerprint density at radius 1 is 1.06 bits per heavy atom. The average molecular weight is 229 g/mol. The second-order valence-corrected chi connectivity index (χ2v) is 4.09. The van der Waals surface area contributed by atoms with Gasteiger partial charge in [-0.25, -0.2) is 4.39 Å². The van der Waals surface area contributed by atoms with E-state index >= 15 is 0 Å². The molecule has 0 saturated carbocycles. The molecule has 0 aliphatic carbocycles. The molecule has 2 rings (SSSR count). The predicted molar refractivity (Wildman–Crippen MR) is 68.3 cm³/mol. The van der Waals surface area contributed by atoms with Gasteiger partial charge in [-0.3, -0.25) is 0 Å². The standard InChI is InChI=1S/C15H16FN/c1-17-15(13-7-3-2-4-8-13)11-12-6-5-9-14(16)10-12/h2-10,15,17H,11H2,1H3. The van der Waals surface area contributed by atoms with Crippen LogP contribution in [-0.4, -0.2) is 7.05 Å². The number of likely N-dealkylation sites (N-methyl/N-ethyl adjacent to an activating group) is 1. The summed E-state index contributed by atoms with van der Waals surface area (Å²) in [5, 5.41) is 3.26. The molecule has 0 aromatic heterocycles. The molecule has 0 amide bonds. The van der Waals surface area contributed by atoms with E-state index in [1.54, 1.807) is 12.1 Å².